The number of fused-ring (bicyclic) bond motifs is 9. The first-order valence-corrected chi connectivity index (χ1v) is 21.2. The molecule has 3 heterocycles. The lowest BCUT2D eigenvalue weighted by molar-refractivity contribution is 1.07. The summed E-state index contributed by atoms with van der Waals surface area (Å²) in [6, 6.07) is 65.8. The molecule has 0 aliphatic heterocycles. The van der Waals surface area contributed by atoms with Gasteiger partial charge in [0.05, 0.1) is 16.7 Å². The van der Waals surface area contributed by atoms with E-state index in [1.165, 1.54) is 90.3 Å². The Morgan fingerprint density at radius 2 is 0.883 bits per heavy atom. The minimum atomic E-state index is 0.634. The SMILES string of the molecule is c1ccc(-c2nc(-c3ccccc3-n3c4cccc5c6ccccc6c6ccc7c8ccccc8c8cc3c(c6c78)c54)nc(-c3cccc4c3sc3ccccc34)n2)cc1. The molecule has 0 amide bonds. The van der Waals surface area contributed by atoms with Crippen LogP contribution in [0.2, 0.25) is 0 Å². The molecule has 60 heavy (non-hydrogen) atoms. The third-order valence-corrected chi connectivity index (χ3v) is 14.0. The van der Waals surface area contributed by atoms with Crippen molar-refractivity contribution in [3.63, 3.8) is 0 Å². The highest BCUT2D eigenvalue weighted by molar-refractivity contribution is 7.26. The van der Waals surface area contributed by atoms with Gasteiger partial charge in [0.25, 0.3) is 0 Å². The topological polar surface area (TPSA) is 43.6 Å². The van der Waals surface area contributed by atoms with Crippen molar-refractivity contribution in [2.75, 3.05) is 0 Å². The molecule has 14 rings (SSSR count). The van der Waals surface area contributed by atoms with Crippen LogP contribution in [-0.4, -0.2) is 19.5 Å². The fourth-order valence-electron chi connectivity index (χ4n) is 10.3. The van der Waals surface area contributed by atoms with E-state index in [1.807, 2.05) is 18.2 Å². The quantitative estimate of drug-likeness (QED) is 0.179. The van der Waals surface area contributed by atoms with Gasteiger partial charge in [0.2, 0.25) is 0 Å². The second-order valence-electron chi connectivity index (χ2n) is 15.8. The van der Waals surface area contributed by atoms with Crippen LogP contribution in [0.1, 0.15) is 0 Å². The summed E-state index contributed by atoms with van der Waals surface area (Å²) in [6.07, 6.45) is 0. The van der Waals surface area contributed by atoms with Gasteiger partial charge in [0, 0.05) is 53.0 Å². The minimum Gasteiger partial charge on any atom is -0.308 e. The second-order valence-corrected chi connectivity index (χ2v) is 16.9. The first kappa shape index (κ1) is 32.3. The molecule has 11 aromatic carbocycles. The fourth-order valence-corrected chi connectivity index (χ4v) is 11.5. The van der Waals surface area contributed by atoms with Gasteiger partial charge in [-0.3, -0.25) is 0 Å². The Kier molecular flexibility index (Phi) is 6.41. The highest BCUT2D eigenvalue weighted by Crippen LogP contribution is 2.51. The lowest BCUT2D eigenvalue weighted by Crippen LogP contribution is -2.03. The molecule has 0 fully saturated rings. The van der Waals surface area contributed by atoms with Gasteiger partial charge >= 0.3 is 0 Å². The number of hydrogen-bond donors (Lipinski definition) is 0. The summed E-state index contributed by atoms with van der Waals surface area (Å²) < 4.78 is 4.90. The van der Waals surface area contributed by atoms with Crippen molar-refractivity contribution in [1.29, 1.82) is 0 Å². The number of para-hydroxylation sites is 1. The Hall–Kier alpha value is -7.73. The summed E-state index contributed by atoms with van der Waals surface area (Å²) in [5.41, 5.74) is 6.24. The molecule has 0 saturated carbocycles. The molecule has 0 aliphatic rings. The van der Waals surface area contributed by atoms with Crippen LogP contribution in [0.15, 0.2) is 182 Å². The van der Waals surface area contributed by atoms with Gasteiger partial charge < -0.3 is 4.57 Å². The predicted molar refractivity (Wildman–Crippen MR) is 253 cm³/mol. The molecule has 0 unspecified atom stereocenters. The highest BCUT2D eigenvalue weighted by Gasteiger charge is 2.26. The van der Waals surface area contributed by atoms with Crippen LogP contribution in [0.5, 0.6) is 0 Å². The van der Waals surface area contributed by atoms with Crippen molar-refractivity contribution >= 4 is 107 Å². The Bertz CT molecular complexity index is 4070. The van der Waals surface area contributed by atoms with E-state index < -0.39 is 0 Å². The van der Waals surface area contributed by atoms with Crippen LogP contribution in [-0.2, 0) is 0 Å². The van der Waals surface area contributed by atoms with Gasteiger partial charge in [-0.2, -0.15) is 0 Å². The maximum absolute atomic E-state index is 5.42. The molecule has 0 N–H and O–H groups in total. The van der Waals surface area contributed by atoms with E-state index in [4.69, 9.17) is 15.0 Å². The predicted octanol–water partition coefficient (Wildman–Crippen LogP) is 15.0. The lowest BCUT2D eigenvalue weighted by atomic mass is 9.97. The second kappa shape index (κ2) is 11.9. The maximum Gasteiger partial charge on any atom is 0.166 e. The standard InChI is InChI=1S/C55H30N4S/c1-2-14-31(15-3-1)53-56-54(58-55(57-53)42-24-12-23-40-36-20-9-11-27-47(36)60-52(40)42)41-21-8-10-25-44(41)59-45-26-13-22-37-32-16-4-5-17-33(32)39-29-28-38-34-18-6-7-19-35(34)43-30-46(59)51(49(37)45)50(39)48(38)43/h1-30H. The third kappa shape index (κ3) is 4.26. The molecule has 276 valence electrons. The van der Waals surface area contributed by atoms with Gasteiger partial charge in [-0.15, -0.1) is 11.3 Å². The molecule has 0 spiro atoms. The molecule has 0 radical (unpaired) electrons. The van der Waals surface area contributed by atoms with Crippen LogP contribution in [0.4, 0.5) is 0 Å². The van der Waals surface area contributed by atoms with Crippen LogP contribution in [0.25, 0.3) is 136 Å². The maximum atomic E-state index is 5.42. The van der Waals surface area contributed by atoms with Gasteiger partial charge in [0.1, 0.15) is 0 Å². The van der Waals surface area contributed by atoms with E-state index in [1.54, 1.807) is 11.3 Å². The molecular weight excluding hydrogens is 749 g/mol. The van der Waals surface area contributed by atoms with E-state index in [0.29, 0.717) is 17.5 Å². The van der Waals surface area contributed by atoms with Crippen LogP contribution < -0.4 is 0 Å². The number of thiophene rings is 1. The van der Waals surface area contributed by atoms with Crippen LogP contribution in [0, 0.1) is 0 Å². The van der Waals surface area contributed by atoms with Crippen molar-refractivity contribution in [2.24, 2.45) is 0 Å². The van der Waals surface area contributed by atoms with Crippen molar-refractivity contribution in [2.45, 2.75) is 0 Å². The third-order valence-electron chi connectivity index (χ3n) is 12.7. The molecule has 5 heteroatoms. The van der Waals surface area contributed by atoms with Gasteiger partial charge in [-0.25, -0.2) is 15.0 Å². The van der Waals surface area contributed by atoms with Gasteiger partial charge in [0.15, 0.2) is 17.5 Å². The normalized spacial score (nSPS) is 12.3. The van der Waals surface area contributed by atoms with E-state index in [0.717, 1.165) is 27.9 Å². The zero-order valence-electron chi connectivity index (χ0n) is 32.0. The largest absolute Gasteiger partial charge is 0.308 e. The highest BCUT2D eigenvalue weighted by atomic mass is 32.1. The molecular formula is C55H30N4S. The lowest BCUT2D eigenvalue weighted by Gasteiger charge is -2.15. The smallest absolute Gasteiger partial charge is 0.166 e. The zero-order chi connectivity index (χ0) is 39.1. The molecule has 0 atom stereocenters. The van der Waals surface area contributed by atoms with E-state index >= 15 is 0 Å². The summed E-state index contributed by atoms with van der Waals surface area (Å²) in [5, 5.41) is 17.9. The zero-order valence-corrected chi connectivity index (χ0v) is 32.8. The fraction of sp³-hybridized carbons (Fsp3) is 0. The monoisotopic (exact) mass is 778 g/mol. The van der Waals surface area contributed by atoms with Gasteiger partial charge in [-0.1, -0.05) is 146 Å². The molecule has 3 aromatic heterocycles. The summed E-state index contributed by atoms with van der Waals surface area (Å²) in [7, 11) is 0. The number of aromatic nitrogens is 4. The van der Waals surface area contributed by atoms with Crippen molar-refractivity contribution in [3.05, 3.63) is 182 Å². The number of benzene rings is 9. The Labute approximate surface area is 346 Å². The first-order valence-electron chi connectivity index (χ1n) is 20.4. The summed E-state index contributed by atoms with van der Waals surface area (Å²) in [6.45, 7) is 0. The van der Waals surface area contributed by atoms with E-state index in [-0.39, 0.29) is 0 Å². The molecule has 0 aliphatic carbocycles. The Balaban J connectivity index is 1.12. The number of nitrogens with zero attached hydrogens (tertiary/aromatic N) is 4. The van der Waals surface area contributed by atoms with Crippen molar-refractivity contribution < 1.29 is 0 Å². The average molecular weight is 779 g/mol. The van der Waals surface area contributed by atoms with Crippen molar-refractivity contribution in [1.82, 2.24) is 19.5 Å². The first-order chi connectivity index (χ1) is 29.8. The Morgan fingerprint density at radius 3 is 1.67 bits per heavy atom. The molecule has 0 bridgehead atoms. The van der Waals surface area contributed by atoms with Crippen LogP contribution in [0.3, 0.4) is 0 Å². The van der Waals surface area contributed by atoms with Crippen molar-refractivity contribution in [3.8, 4) is 39.9 Å². The van der Waals surface area contributed by atoms with Crippen LogP contribution >= 0.6 is 11.3 Å². The molecule has 14 aromatic rings. The summed E-state index contributed by atoms with van der Waals surface area (Å²) >= 11 is 1.79. The summed E-state index contributed by atoms with van der Waals surface area (Å²) in [4.78, 5) is 16.0. The van der Waals surface area contributed by atoms with E-state index in [9.17, 15) is 0 Å². The summed E-state index contributed by atoms with van der Waals surface area (Å²) in [5.74, 6) is 1.94. The average Bonchev–Trinajstić information content (AvgIpc) is 3.95. The number of rotatable bonds is 4. The van der Waals surface area contributed by atoms with E-state index in [2.05, 4.69) is 168 Å². The Morgan fingerprint density at radius 1 is 0.333 bits per heavy atom. The molecule has 0 saturated heterocycles. The minimum absolute atomic E-state index is 0.634. The number of hydrogen-bond acceptors (Lipinski definition) is 4. The van der Waals surface area contributed by atoms with Gasteiger partial charge in [-0.05, 0) is 84.9 Å². The molecule has 4 nitrogen and oxygen atoms in total.